The Balaban J connectivity index is 2.19. The summed E-state index contributed by atoms with van der Waals surface area (Å²) in [5, 5.41) is 0. The van der Waals surface area contributed by atoms with Crippen LogP contribution < -0.4 is 10.5 Å². The van der Waals surface area contributed by atoms with E-state index in [0.29, 0.717) is 18.9 Å². The fourth-order valence-corrected chi connectivity index (χ4v) is 1.38. The average Bonchev–Trinajstić information content (AvgIpc) is 2.06. The summed E-state index contributed by atoms with van der Waals surface area (Å²) in [6.07, 6.45) is 0.180. The zero-order valence-electron chi connectivity index (χ0n) is 8.54. The van der Waals surface area contributed by atoms with Crippen molar-refractivity contribution in [1.82, 2.24) is 0 Å². The van der Waals surface area contributed by atoms with Gasteiger partial charge in [0.2, 0.25) is 0 Å². The summed E-state index contributed by atoms with van der Waals surface area (Å²) in [5.74, 6) is 0.779. The van der Waals surface area contributed by atoms with E-state index < -0.39 is 0 Å². The molecule has 0 aromatic heterocycles. The van der Waals surface area contributed by atoms with E-state index in [-0.39, 0.29) is 6.10 Å². The fourth-order valence-electron chi connectivity index (χ4n) is 1.38. The highest BCUT2D eigenvalue weighted by molar-refractivity contribution is 5.56. The lowest BCUT2D eigenvalue weighted by Gasteiger charge is -2.27. The number of hydrogen-bond donors (Lipinski definition) is 1. The van der Waals surface area contributed by atoms with Gasteiger partial charge in [-0.25, -0.2) is 0 Å². The second-order valence-corrected chi connectivity index (χ2v) is 3.75. The van der Waals surface area contributed by atoms with E-state index in [4.69, 9.17) is 15.2 Å². The van der Waals surface area contributed by atoms with Crippen molar-refractivity contribution in [3.8, 4) is 5.75 Å². The third-order valence-electron chi connectivity index (χ3n) is 2.53. The number of benzene rings is 1. The molecule has 0 spiro atoms. The molecule has 1 saturated heterocycles. The third kappa shape index (κ3) is 1.68. The average molecular weight is 193 g/mol. The van der Waals surface area contributed by atoms with Crippen molar-refractivity contribution >= 4 is 5.69 Å². The number of rotatable bonds is 2. The summed E-state index contributed by atoms with van der Waals surface area (Å²) in [7, 11) is 0. The van der Waals surface area contributed by atoms with Gasteiger partial charge in [0.15, 0.2) is 0 Å². The van der Waals surface area contributed by atoms with Crippen LogP contribution in [0.25, 0.3) is 0 Å². The molecule has 76 valence electrons. The predicted molar refractivity (Wildman–Crippen MR) is 55.6 cm³/mol. The molecule has 14 heavy (non-hydrogen) atoms. The molecule has 1 aliphatic rings. The summed E-state index contributed by atoms with van der Waals surface area (Å²) in [6.45, 7) is 5.44. The Bertz CT molecular complexity index is 345. The SMILES string of the molecule is Cc1cc(N)c(OC2COC2)cc1C. The van der Waals surface area contributed by atoms with Crippen LogP contribution in [0.15, 0.2) is 12.1 Å². The monoisotopic (exact) mass is 193 g/mol. The van der Waals surface area contributed by atoms with E-state index in [9.17, 15) is 0 Å². The van der Waals surface area contributed by atoms with E-state index >= 15 is 0 Å². The summed E-state index contributed by atoms with van der Waals surface area (Å²) in [4.78, 5) is 0. The number of nitrogen functional groups attached to an aromatic ring is 1. The molecule has 0 amide bonds. The third-order valence-corrected chi connectivity index (χ3v) is 2.53. The van der Waals surface area contributed by atoms with Crippen LogP contribution in [0.5, 0.6) is 5.75 Å². The van der Waals surface area contributed by atoms with Crippen LogP contribution in [0.3, 0.4) is 0 Å². The number of aryl methyl sites for hydroxylation is 2. The van der Waals surface area contributed by atoms with Crippen molar-refractivity contribution in [1.29, 1.82) is 0 Å². The Morgan fingerprint density at radius 2 is 1.93 bits per heavy atom. The molecule has 0 atom stereocenters. The Hall–Kier alpha value is -1.22. The van der Waals surface area contributed by atoms with Gasteiger partial charge in [-0.3, -0.25) is 0 Å². The molecular formula is C11H15NO2. The normalized spacial score (nSPS) is 16.4. The maximum absolute atomic E-state index is 5.85. The van der Waals surface area contributed by atoms with E-state index in [1.165, 1.54) is 11.1 Å². The summed E-state index contributed by atoms with van der Waals surface area (Å²) < 4.78 is 10.7. The second-order valence-electron chi connectivity index (χ2n) is 3.75. The van der Waals surface area contributed by atoms with Crippen molar-refractivity contribution in [2.45, 2.75) is 20.0 Å². The minimum Gasteiger partial charge on any atom is -0.483 e. The van der Waals surface area contributed by atoms with Crippen LogP contribution in [0.1, 0.15) is 11.1 Å². The molecule has 1 aromatic carbocycles. The largest absolute Gasteiger partial charge is 0.483 e. The lowest BCUT2D eigenvalue weighted by atomic mass is 10.1. The molecule has 1 aliphatic heterocycles. The first-order valence-electron chi connectivity index (χ1n) is 4.78. The van der Waals surface area contributed by atoms with Gasteiger partial charge < -0.3 is 15.2 Å². The zero-order chi connectivity index (χ0) is 10.1. The Kier molecular flexibility index (Phi) is 2.33. The molecule has 0 aliphatic carbocycles. The van der Waals surface area contributed by atoms with E-state index in [2.05, 4.69) is 6.92 Å². The summed E-state index contributed by atoms with van der Waals surface area (Å²) in [5.41, 5.74) is 8.96. The van der Waals surface area contributed by atoms with Crippen LogP contribution in [-0.2, 0) is 4.74 Å². The minimum absolute atomic E-state index is 0.180. The predicted octanol–water partition coefficient (Wildman–Crippen LogP) is 1.66. The maximum Gasteiger partial charge on any atom is 0.145 e. The fraction of sp³-hybridized carbons (Fsp3) is 0.455. The molecular weight excluding hydrogens is 178 g/mol. The molecule has 3 nitrogen and oxygen atoms in total. The maximum atomic E-state index is 5.85. The highest BCUT2D eigenvalue weighted by atomic mass is 16.6. The number of hydrogen-bond acceptors (Lipinski definition) is 3. The highest BCUT2D eigenvalue weighted by Crippen LogP contribution is 2.27. The molecule has 0 saturated carbocycles. The lowest BCUT2D eigenvalue weighted by molar-refractivity contribution is -0.0794. The summed E-state index contributed by atoms with van der Waals surface area (Å²) in [6, 6.07) is 3.94. The van der Waals surface area contributed by atoms with E-state index in [1.807, 2.05) is 19.1 Å². The van der Waals surface area contributed by atoms with E-state index in [1.54, 1.807) is 0 Å². The molecule has 0 radical (unpaired) electrons. The van der Waals surface area contributed by atoms with Gasteiger partial charge in [0.05, 0.1) is 18.9 Å². The van der Waals surface area contributed by atoms with Gasteiger partial charge in [-0.05, 0) is 37.1 Å². The molecule has 3 heteroatoms. The van der Waals surface area contributed by atoms with Gasteiger partial charge in [-0.2, -0.15) is 0 Å². The van der Waals surface area contributed by atoms with Gasteiger partial charge in [-0.15, -0.1) is 0 Å². The Labute approximate surface area is 83.8 Å². The first kappa shape index (κ1) is 9.34. The van der Waals surface area contributed by atoms with Crippen molar-refractivity contribution in [3.05, 3.63) is 23.3 Å². The highest BCUT2D eigenvalue weighted by Gasteiger charge is 2.21. The van der Waals surface area contributed by atoms with Crippen molar-refractivity contribution < 1.29 is 9.47 Å². The van der Waals surface area contributed by atoms with Crippen LogP contribution in [-0.4, -0.2) is 19.3 Å². The first-order valence-corrected chi connectivity index (χ1v) is 4.78. The van der Waals surface area contributed by atoms with Crippen LogP contribution in [0.4, 0.5) is 5.69 Å². The Morgan fingerprint density at radius 3 is 2.50 bits per heavy atom. The van der Waals surface area contributed by atoms with Gasteiger partial charge in [0.1, 0.15) is 11.9 Å². The molecule has 2 rings (SSSR count). The van der Waals surface area contributed by atoms with Crippen LogP contribution in [0.2, 0.25) is 0 Å². The minimum atomic E-state index is 0.180. The topological polar surface area (TPSA) is 44.5 Å². The second kappa shape index (κ2) is 3.50. The number of nitrogens with two attached hydrogens (primary N) is 1. The molecule has 1 aromatic rings. The zero-order valence-corrected chi connectivity index (χ0v) is 8.54. The molecule has 1 heterocycles. The van der Waals surface area contributed by atoms with Crippen LogP contribution in [0, 0.1) is 13.8 Å². The van der Waals surface area contributed by atoms with Crippen molar-refractivity contribution in [2.75, 3.05) is 18.9 Å². The molecule has 2 N–H and O–H groups in total. The first-order chi connectivity index (χ1) is 6.66. The van der Waals surface area contributed by atoms with Crippen molar-refractivity contribution in [2.24, 2.45) is 0 Å². The Morgan fingerprint density at radius 1 is 1.29 bits per heavy atom. The molecule has 1 fully saturated rings. The van der Waals surface area contributed by atoms with Gasteiger partial charge in [0.25, 0.3) is 0 Å². The number of ether oxygens (including phenoxy) is 2. The van der Waals surface area contributed by atoms with Gasteiger partial charge >= 0.3 is 0 Å². The quantitative estimate of drug-likeness (QED) is 0.726. The number of anilines is 1. The smallest absolute Gasteiger partial charge is 0.145 e. The molecule has 0 unspecified atom stereocenters. The van der Waals surface area contributed by atoms with Gasteiger partial charge in [-0.1, -0.05) is 0 Å². The lowest BCUT2D eigenvalue weighted by Crippen LogP contribution is -2.38. The molecule has 0 bridgehead atoms. The van der Waals surface area contributed by atoms with Crippen LogP contribution >= 0.6 is 0 Å². The van der Waals surface area contributed by atoms with Crippen molar-refractivity contribution in [3.63, 3.8) is 0 Å². The standard InChI is InChI=1S/C11H15NO2/c1-7-3-10(12)11(4-8(7)2)14-9-5-13-6-9/h3-4,9H,5-6,12H2,1-2H3. The van der Waals surface area contributed by atoms with E-state index in [0.717, 1.165) is 5.75 Å². The van der Waals surface area contributed by atoms with Gasteiger partial charge in [0, 0.05) is 0 Å². The summed E-state index contributed by atoms with van der Waals surface area (Å²) >= 11 is 0.